The summed E-state index contributed by atoms with van der Waals surface area (Å²) >= 11 is 0. The van der Waals surface area contributed by atoms with Gasteiger partial charge in [0.1, 0.15) is 0 Å². The average Bonchev–Trinajstić information content (AvgIpc) is 2.29. The van der Waals surface area contributed by atoms with Gasteiger partial charge in [0.05, 0.1) is 11.7 Å². The lowest BCUT2D eigenvalue weighted by atomic mass is 9.96. The van der Waals surface area contributed by atoms with Crippen LogP contribution in [0.4, 0.5) is 0 Å². The normalized spacial score (nSPS) is 25.8. The number of carboxylic acid groups (broad SMARTS) is 1. The molecule has 1 heterocycles. The minimum atomic E-state index is -3.35. The number of hydrogen-bond acceptors (Lipinski definition) is 3. The molecule has 1 fully saturated rings. The number of unbranched alkanes of at least 4 members (excludes halogenated alkanes) is 1. The molecule has 0 aromatic rings. The van der Waals surface area contributed by atoms with Crippen LogP contribution in [0.5, 0.6) is 0 Å². The molecule has 5 nitrogen and oxygen atoms in total. The van der Waals surface area contributed by atoms with Crippen molar-refractivity contribution >= 4 is 16.0 Å². The molecule has 0 bridgehead atoms. The van der Waals surface area contributed by atoms with Gasteiger partial charge in [-0.3, -0.25) is 4.79 Å². The molecule has 0 spiro atoms. The first-order valence-electron chi connectivity index (χ1n) is 6.21. The Morgan fingerprint density at radius 1 is 1.50 bits per heavy atom. The SMILES string of the molecule is C=CCCCS(=O)(=O)N1CC(C(=O)O)CCC1C. The van der Waals surface area contributed by atoms with Gasteiger partial charge in [-0.2, -0.15) is 4.31 Å². The summed E-state index contributed by atoms with van der Waals surface area (Å²) in [6, 6.07) is -0.102. The number of piperidine rings is 1. The van der Waals surface area contributed by atoms with Crippen molar-refractivity contribution in [3.63, 3.8) is 0 Å². The number of nitrogens with zero attached hydrogens (tertiary/aromatic N) is 1. The Balaban J connectivity index is 2.71. The first kappa shape index (κ1) is 15.2. The zero-order valence-electron chi connectivity index (χ0n) is 10.7. The summed E-state index contributed by atoms with van der Waals surface area (Å²) < 4.78 is 25.6. The Morgan fingerprint density at radius 2 is 2.17 bits per heavy atom. The van der Waals surface area contributed by atoms with Crippen LogP contribution in [0.25, 0.3) is 0 Å². The number of sulfonamides is 1. The number of carbonyl (C=O) groups is 1. The molecule has 0 aliphatic carbocycles. The van der Waals surface area contributed by atoms with Crippen molar-refractivity contribution in [3.8, 4) is 0 Å². The van der Waals surface area contributed by atoms with E-state index in [9.17, 15) is 13.2 Å². The van der Waals surface area contributed by atoms with Crippen LogP contribution in [0, 0.1) is 5.92 Å². The van der Waals surface area contributed by atoms with Crippen LogP contribution >= 0.6 is 0 Å². The van der Waals surface area contributed by atoms with Crippen molar-refractivity contribution in [2.45, 2.75) is 38.6 Å². The molecule has 6 heteroatoms. The summed E-state index contributed by atoms with van der Waals surface area (Å²) in [5, 5.41) is 8.99. The molecule has 1 saturated heterocycles. The molecule has 1 rings (SSSR count). The summed E-state index contributed by atoms with van der Waals surface area (Å²) in [4.78, 5) is 11.0. The highest BCUT2D eigenvalue weighted by molar-refractivity contribution is 7.89. The second kappa shape index (κ2) is 6.33. The van der Waals surface area contributed by atoms with E-state index in [1.807, 2.05) is 6.92 Å². The zero-order valence-corrected chi connectivity index (χ0v) is 11.5. The van der Waals surface area contributed by atoms with Gasteiger partial charge in [-0.05, 0) is 32.6 Å². The van der Waals surface area contributed by atoms with Crippen LogP contribution in [0.3, 0.4) is 0 Å². The second-order valence-electron chi connectivity index (χ2n) is 4.78. The van der Waals surface area contributed by atoms with Crippen LogP contribution in [0.1, 0.15) is 32.6 Å². The Labute approximate surface area is 109 Å². The first-order valence-corrected chi connectivity index (χ1v) is 7.82. The van der Waals surface area contributed by atoms with Crippen molar-refractivity contribution in [3.05, 3.63) is 12.7 Å². The van der Waals surface area contributed by atoms with Crippen molar-refractivity contribution in [1.29, 1.82) is 0 Å². The summed E-state index contributed by atoms with van der Waals surface area (Å²) in [7, 11) is -3.35. The topological polar surface area (TPSA) is 74.7 Å². The van der Waals surface area contributed by atoms with E-state index in [2.05, 4.69) is 6.58 Å². The van der Waals surface area contributed by atoms with Gasteiger partial charge in [0.25, 0.3) is 0 Å². The van der Waals surface area contributed by atoms with E-state index in [4.69, 9.17) is 5.11 Å². The molecule has 2 atom stereocenters. The van der Waals surface area contributed by atoms with Crippen molar-refractivity contribution in [2.75, 3.05) is 12.3 Å². The fraction of sp³-hybridized carbons (Fsp3) is 0.750. The maximum atomic E-state index is 12.1. The molecule has 1 N–H and O–H groups in total. The first-order chi connectivity index (χ1) is 8.38. The Hall–Kier alpha value is -0.880. The van der Waals surface area contributed by atoms with Crippen LogP contribution in [-0.2, 0) is 14.8 Å². The highest BCUT2D eigenvalue weighted by Crippen LogP contribution is 2.25. The van der Waals surface area contributed by atoms with E-state index in [0.29, 0.717) is 25.7 Å². The van der Waals surface area contributed by atoms with Gasteiger partial charge in [-0.25, -0.2) is 8.42 Å². The molecule has 0 radical (unpaired) electrons. The molecular weight excluding hydrogens is 254 g/mol. The maximum Gasteiger partial charge on any atom is 0.307 e. The minimum absolute atomic E-state index is 0.0652. The molecule has 104 valence electrons. The maximum absolute atomic E-state index is 12.1. The Kier molecular flexibility index (Phi) is 5.34. The van der Waals surface area contributed by atoms with Crippen molar-refractivity contribution in [1.82, 2.24) is 4.31 Å². The Morgan fingerprint density at radius 3 is 2.72 bits per heavy atom. The molecule has 1 aliphatic heterocycles. The van der Waals surface area contributed by atoms with Crippen molar-refractivity contribution in [2.24, 2.45) is 5.92 Å². The largest absolute Gasteiger partial charge is 0.481 e. The fourth-order valence-electron chi connectivity index (χ4n) is 2.19. The summed E-state index contributed by atoms with van der Waals surface area (Å²) in [5.74, 6) is -1.42. The fourth-order valence-corrected chi connectivity index (χ4v) is 4.02. The van der Waals surface area contributed by atoms with Gasteiger partial charge >= 0.3 is 5.97 Å². The predicted molar refractivity (Wildman–Crippen MR) is 69.7 cm³/mol. The molecule has 0 aromatic heterocycles. The second-order valence-corrected chi connectivity index (χ2v) is 6.82. The molecule has 0 saturated carbocycles. The number of rotatable bonds is 6. The number of allylic oxidation sites excluding steroid dienone is 1. The quantitative estimate of drug-likeness (QED) is 0.588. The van der Waals surface area contributed by atoms with Crippen LogP contribution in [0.15, 0.2) is 12.7 Å². The number of carboxylic acids is 1. The lowest BCUT2D eigenvalue weighted by Crippen LogP contribution is -2.48. The van der Waals surface area contributed by atoms with Gasteiger partial charge in [-0.15, -0.1) is 6.58 Å². The average molecular weight is 275 g/mol. The van der Waals surface area contributed by atoms with E-state index < -0.39 is 21.9 Å². The summed E-state index contributed by atoms with van der Waals surface area (Å²) in [5.41, 5.74) is 0. The van der Waals surface area contributed by atoms with E-state index in [0.717, 1.165) is 0 Å². The van der Waals surface area contributed by atoms with E-state index >= 15 is 0 Å². The molecule has 2 unspecified atom stereocenters. The number of aliphatic carboxylic acids is 1. The molecule has 18 heavy (non-hydrogen) atoms. The molecule has 1 aliphatic rings. The van der Waals surface area contributed by atoms with E-state index in [1.54, 1.807) is 6.08 Å². The van der Waals surface area contributed by atoms with Gasteiger partial charge in [0.15, 0.2) is 0 Å². The molecular formula is C12H21NO4S. The highest BCUT2D eigenvalue weighted by Gasteiger charge is 2.36. The Bertz CT molecular complexity index is 404. The van der Waals surface area contributed by atoms with Gasteiger partial charge in [-0.1, -0.05) is 6.08 Å². The third-order valence-corrected chi connectivity index (χ3v) is 5.37. The van der Waals surface area contributed by atoms with E-state index in [1.165, 1.54) is 4.31 Å². The lowest BCUT2D eigenvalue weighted by Gasteiger charge is -2.35. The third-order valence-electron chi connectivity index (χ3n) is 3.34. The van der Waals surface area contributed by atoms with Crippen molar-refractivity contribution < 1.29 is 18.3 Å². The standard InChI is InChI=1S/C12H21NO4S/c1-3-4-5-8-18(16,17)13-9-11(12(14)15)7-6-10(13)2/h3,10-11H,1,4-9H2,2H3,(H,14,15). The predicted octanol–water partition coefficient (Wildman–Crippen LogP) is 1.47. The molecule has 0 aromatic carbocycles. The third kappa shape index (κ3) is 3.81. The monoisotopic (exact) mass is 275 g/mol. The van der Waals surface area contributed by atoms with Crippen LogP contribution in [0.2, 0.25) is 0 Å². The van der Waals surface area contributed by atoms with Gasteiger partial charge in [0, 0.05) is 12.6 Å². The van der Waals surface area contributed by atoms with Gasteiger partial charge in [0.2, 0.25) is 10.0 Å². The van der Waals surface area contributed by atoms with Gasteiger partial charge < -0.3 is 5.11 Å². The summed E-state index contributed by atoms with van der Waals surface area (Å²) in [6.07, 6.45) is 4.04. The van der Waals surface area contributed by atoms with Crippen LogP contribution < -0.4 is 0 Å². The minimum Gasteiger partial charge on any atom is -0.481 e. The zero-order chi connectivity index (χ0) is 13.8. The smallest absolute Gasteiger partial charge is 0.307 e. The number of hydrogen-bond donors (Lipinski definition) is 1. The van der Waals surface area contributed by atoms with E-state index in [-0.39, 0.29) is 18.3 Å². The summed E-state index contributed by atoms with van der Waals surface area (Å²) in [6.45, 7) is 5.50. The molecule has 0 amide bonds. The van der Waals surface area contributed by atoms with Crippen LogP contribution in [-0.4, -0.2) is 42.1 Å². The lowest BCUT2D eigenvalue weighted by molar-refractivity contribution is -0.143. The highest BCUT2D eigenvalue weighted by atomic mass is 32.2.